The van der Waals surface area contributed by atoms with Crippen LogP contribution in [0.1, 0.15) is 20.8 Å². The predicted octanol–water partition coefficient (Wildman–Crippen LogP) is 1.63. The molecule has 0 spiro atoms. The Balaban J connectivity index is 3.02. The van der Waals surface area contributed by atoms with Crippen LogP contribution in [0, 0.1) is 0 Å². The van der Waals surface area contributed by atoms with E-state index in [1.165, 1.54) is 0 Å². The van der Waals surface area contributed by atoms with Crippen molar-refractivity contribution in [3.05, 3.63) is 9.39 Å². The minimum Gasteiger partial charge on any atom is -0.450 e. The van der Waals surface area contributed by atoms with Crippen molar-refractivity contribution in [2.24, 2.45) is 0 Å². The Morgan fingerprint density at radius 1 is 1.57 bits per heavy atom. The van der Waals surface area contributed by atoms with Crippen molar-refractivity contribution in [2.75, 3.05) is 6.61 Å². The van der Waals surface area contributed by atoms with Crippen LogP contribution in [0.2, 0.25) is 0 Å². The van der Waals surface area contributed by atoms with E-state index in [0.717, 1.165) is 0 Å². The average Bonchev–Trinajstić information content (AvgIpc) is 2.22. The maximum Gasteiger partial charge on any atom is 0.351 e. The van der Waals surface area contributed by atoms with Crippen molar-refractivity contribution in [1.82, 2.24) is 0 Å². The van der Waals surface area contributed by atoms with Gasteiger partial charge in [0, 0.05) is 0 Å². The van der Waals surface area contributed by atoms with Crippen molar-refractivity contribution in [1.29, 1.82) is 0 Å². The minimum absolute atomic E-state index is 0.0665. The van der Waals surface area contributed by atoms with E-state index in [2.05, 4.69) is 15.9 Å². The molecular weight excluding hydrogens is 272 g/mol. The van der Waals surface area contributed by atoms with Gasteiger partial charge in [-0.15, -0.1) is 0 Å². The molecule has 80 valence electrons. The van der Waals surface area contributed by atoms with E-state index >= 15 is 0 Å². The third-order valence-corrected chi connectivity index (χ3v) is 4.42. The van der Waals surface area contributed by atoms with E-state index in [0.29, 0.717) is 4.48 Å². The highest BCUT2D eigenvalue weighted by Gasteiger charge is 2.42. The molecule has 0 aromatic rings. The lowest BCUT2D eigenvalue weighted by Crippen LogP contribution is -2.20. The topological polar surface area (TPSA) is 52.6 Å². The number of rotatable bonds is 3. The van der Waals surface area contributed by atoms with Crippen LogP contribution in [-0.4, -0.2) is 22.4 Å². The number of cyclic esters (lactones) is 1. The summed E-state index contributed by atoms with van der Waals surface area (Å²) in [5.74, 6) is -0.589. The fourth-order valence-corrected chi connectivity index (χ4v) is 2.53. The number of hydrogen-bond donors (Lipinski definition) is 0. The second kappa shape index (κ2) is 4.12. The van der Waals surface area contributed by atoms with E-state index in [4.69, 9.17) is 8.92 Å². The molecule has 0 aliphatic carbocycles. The molecule has 0 amide bonds. The van der Waals surface area contributed by atoms with Gasteiger partial charge in [-0.25, -0.2) is 9.00 Å². The molecule has 0 radical (unpaired) electrons. The fourth-order valence-electron chi connectivity index (χ4n) is 0.993. The van der Waals surface area contributed by atoms with Crippen molar-refractivity contribution in [2.45, 2.75) is 26.4 Å². The molecule has 0 bridgehead atoms. The molecule has 0 aromatic carbocycles. The van der Waals surface area contributed by atoms with Gasteiger partial charge in [0.2, 0.25) is 0 Å². The maximum atomic E-state index is 11.5. The molecule has 1 aliphatic rings. The molecule has 14 heavy (non-hydrogen) atoms. The van der Waals surface area contributed by atoms with E-state index in [9.17, 15) is 9.00 Å². The Kier molecular flexibility index (Phi) is 3.49. The van der Waals surface area contributed by atoms with Gasteiger partial charge < -0.3 is 4.74 Å². The molecule has 1 unspecified atom stereocenters. The average molecular weight is 283 g/mol. The van der Waals surface area contributed by atoms with E-state index in [-0.39, 0.29) is 11.5 Å². The molecule has 0 saturated heterocycles. The summed E-state index contributed by atoms with van der Waals surface area (Å²) in [7, 11) is 0. The summed E-state index contributed by atoms with van der Waals surface area (Å²) in [6.45, 7) is 5.41. The summed E-state index contributed by atoms with van der Waals surface area (Å²) >= 11 is 1.45. The normalized spacial score (nSPS) is 22.4. The minimum atomic E-state index is -1.74. The summed E-state index contributed by atoms with van der Waals surface area (Å²) in [4.78, 5) is 11.4. The first kappa shape index (κ1) is 11.9. The quantitative estimate of drug-likeness (QED) is 0.739. The molecule has 0 N–H and O–H groups in total. The number of esters is 1. The number of hydrogen-bond acceptors (Lipinski definition) is 4. The van der Waals surface area contributed by atoms with Crippen molar-refractivity contribution in [3.8, 4) is 0 Å². The molecule has 1 rings (SSSR count). The Labute approximate surface area is 93.4 Å². The smallest absolute Gasteiger partial charge is 0.351 e. The van der Waals surface area contributed by atoms with Gasteiger partial charge in [-0.3, -0.25) is 4.18 Å². The first-order chi connectivity index (χ1) is 6.40. The second-order valence-electron chi connectivity index (χ2n) is 3.18. The van der Waals surface area contributed by atoms with Crippen molar-refractivity contribution >= 4 is 33.0 Å². The van der Waals surface area contributed by atoms with Crippen LogP contribution >= 0.6 is 15.9 Å². The lowest BCUT2D eigenvalue weighted by Gasteiger charge is -2.16. The Hall–Kier alpha value is -0.200. The highest BCUT2D eigenvalue weighted by Crippen LogP contribution is 2.37. The lowest BCUT2D eigenvalue weighted by molar-refractivity contribution is -0.143. The first-order valence-electron chi connectivity index (χ1n) is 4.08. The summed E-state index contributed by atoms with van der Waals surface area (Å²) in [6, 6.07) is 0. The van der Waals surface area contributed by atoms with Crippen LogP contribution in [0.3, 0.4) is 0 Å². The Morgan fingerprint density at radius 3 is 2.50 bits per heavy atom. The zero-order valence-electron chi connectivity index (χ0n) is 8.13. The SMILES string of the molecule is CCOS(=O)C1=C(Br)C(C)(C)OC1=O. The highest BCUT2D eigenvalue weighted by atomic mass is 79.9. The van der Waals surface area contributed by atoms with Crippen LogP contribution in [0.15, 0.2) is 9.39 Å². The Bertz CT molecular complexity index is 321. The summed E-state index contributed by atoms with van der Waals surface area (Å²) in [6.07, 6.45) is 0. The maximum absolute atomic E-state index is 11.5. The molecule has 1 heterocycles. The molecule has 6 heteroatoms. The summed E-state index contributed by atoms with van der Waals surface area (Å²) in [5, 5.41) is 0. The lowest BCUT2D eigenvalue weighted by atomic mass is 10.1. The first-order valence-corrected chi connectivity index (χ1v) is 5.95. The van der Waals surface area contributed by atoms with Gasteiger partial charge in [-0.05, 0) is 36.7 Å². The molecule has 0 fully saturated rings. The molecule has 1 atom stereocenters. The van der Waals surface area contributed by atoms with Crippen LogP contribution in [0.25, 0.3) is 0 Å². The predicted molar refractivity (Wildman–Crippen MR) is 55.9 cm³/mol. The monoisotopic (exact) mass is 282 g/mol. The molecular formula is C8H11BrO4S. The van der Waals surface area contributed by atoms with E-state index in [1.807, 2.05) is 0 Å². The third-order valence-electron chi connectivity index (χ3n) is 1.65. The largest absolute Gasteiger partial charge is 0.450 e. The van der Waals surface area contributed by atoms with Crippen LogP contribution in [0.5, 0.6) is 0 Å². The van der Waals surface area contributed by atoms with Gasteiger partial charge in [-0.1, -0.05) is 0 Å². The zero-order valence-corrected chi connectivity index (χ0v) is 10.5. The summed E-state index contributed by atoms with van der Waals surface area (Å²) in [5.41, 5.74) is -0.751. The summed E-state index contributed by atoms with van der Waals surface area (Å²) < 4.78 is 21.8. The fraction of sp³-hybridized carbons (Fsp3) is 0.625. The van der Waals surface area contributed by atoms with Gasteiger partial charge >= 0.3 is 5.97 Å². The van der Waals surface area contributed by atoms with Crippen LogP contribution < -0.4 is 0 Å². The zero-order chi connectivity index (χ0) is 10.9. The van der Waals surface area contributed by atoms with Crippen LogP contribution in [-0.2, 0) is 24.8 Å². The number of carbonyl (C=O) groups excluding carboxylic acids is 1. The molecule has 1 aliphatic heterocycles. The molecule has 0 saturated carbocycles. The highest BCUT2D eigenvalue weighted by molar-refractivity contribution is 9.11. The number of halogens is 1. The number of carbonyl (C=O) groups is 1. The van der Waals surface area contributed by atoms with Crippen LogP contribution in [0.4, 0.5) is 0 Å². The Morgan fingerprint density at radius 2 is 2.14 bits per heavy atom. The molecule has 4 nitrogen and oxygen atoms in total. The van der Waals surface area contributed by atoms with Crippen molar-refractivity contribution in [3.63, 3.8) is 0 Å². The standard InChI is InChI=1S/C8H11BrO4S/c1-4-12-14(11)5-6(9)8(2,3)13-7(5)10/h4H2,1-3H3. The van der Waals surface area contributed by atoms with Gasteiger partial charge in [0.25, 0.3) is 0 Å². The van der Waals surface area contributed by atoms with Gasteiger partial charge in [0.1, 0.15) is 5.60 Å². The third kappa shape index (κ3) is 2.07. The van der Waals surface area contributed by atoms with E-state index in [1.54, 1.807) is 20.8 Å². The van der Waals surface area contributed by atoms with Crippen molar-refractivity contribution < 1.29 is 17.9 Å². The van der Waals surface area contributed by atoms with Gasteiger partial charge in [0.15, 0.2) is 16.0 Å². The second-order valence-corrected chi connectivity index (χ2v) is 5.09. The molecule has 0 aromatic heterocycles. The van der Waals surface area contributed by atoms with Gasteiger partial charge in [-0.2, -0.15) is 0 Å². The van der Waals surface area contributed by atoms with E-state index < -0.39 is 22.7 Å². The van der Waals surface area contributed by atoms with Gasteiger partial charge in [0.05, 0.1) is 11.1 Å². The number of ether oxygens (including phenoxy) is 1.